The number of hydrogen-bond acceptors (Lipinski definition) is 5. The van der Waals surface area contributed by atoms with Crippen molar-refractivity contribution in [3.63, 3.8) is 0 Å². The van der Waals surface area contributed by atoms with Crippen LogP contribution in [0, 0.1) is 0 Å². The van der Waals surface area contributed by atoms with Crippen LogP contribution in [0.4, 0.5) is 10.2 Å². The van der Waals surface area contributed by atoms with Gasteiger partial charge >= 0.3 is 0 Å². The summed E-state index contributed by atoms with van der Waals surface area (Å²) in [4.78, 5) is 23.8. The zero-order valence-corrected chi connectivity index (χ0v) is 14.0. The highest BCUT2D eigenvalue weighted by molar-refractivity contribution is 5.76. The van der Waals surface area contributed by atoms with E-state index in [1.807, 2.05) is 18.7 Å². The Hall–Kier alpha value is -1.76. The van der Waals surface area contributed by atoms with Crippen LogP contribution >= 0.6 is 0 Å². The molecule has 7 heteroatoms. The van der Waals surface area contributed by atoms with Crippen LogP contribution in [-0.2, 0) is 9.53 Å². The first-order chi connectivity index (χ1) is 11.0. The number of alkyl halides is 1. The fraction of sp³-hybridized carbons (Fsp3) is 0.688. The van der Waals surface area contributed by atoms with E-state index in [9.17, 15) is 9.18 Å². The van der Waals surface area contributed by atoms with Crippen molar-refractivity contribution < 1.29 is 13.9 Å². The normalized spacial score (nSPS) is 21.0. The maximum atomic E-state index is 13.8. The molecule has 1 fully saturated rings. The van der Waals surface area contributed by atoms with Crippen LogP contribution in [0.2, 0.25) is 0 Å². The molecule has 0 aliphatic carbocycles. The Morgan fingerprint density at radius 2 is 2.35 bits per heavy atom. The number of amides is 1. The molecule has 0 unspecified atom stereocenters. The van der Waals surface area contributed by atoms with Gasteiger partial charge in [0.1, 0.15) is 18.3 Å². The van der Waals surface area contributed by atoms with Crippen molar-refractivity contribution in [2.75, 3.05) is 31.6 Å². The Morgan fingerprint density at radius 1 is 1.57 bits per heavy atom. The Kier molecular flexibility index (Phi) is 6.27. The Labute approximate surface area is 136 Å². The van der Waals surface area contributed by atoms with Crippen LogP contribution in [0.1, 0.15) is 26.7 Å². The second kappa shape index (κ2) is 8.19. The van der Waals surface area contributed by atoms with Crippen molar-refractivity contribution in [3.05, 3.63) is 18.6 Å². The van der Waals surface area contributed by atoms with Gasteiger partial charge in [0.15, 0.2) is 0 Å². The predicted molar refractivity (Wildman–Crippen MR) is 86.0 cm³/mol. The molecule has 0 radical (unpaired) electrons. The minimum Gasteiger partial charge on any atom is -0.378 e. The molecule has 1 aliphatic rings. The number of likely N-dealkylation sites (N-methyl/N-ethyl adjacent to an activating group) is 1. The number of carbonyl (C=O) groups excluding carboxylic acids is 1. The van der Waals surface area contributed by atoms with Crippen molar-refractivity contribution >= 4 is 11.7 Å². The number of rotatable bonds is 7. The van der Waals surface area contributed by atoms with Crippen molar-refractivity contribution in [2.45, 2.75) is 45.0 Å². The molecule has 1 aromatic rings. The second-order valence-corrected chi connectivity index (χ2v) is 6.15. The summed E-state index contributed by atoms with van der Waals surface area (Å²) in [5.74, 6) is 0.713. The number of carbonyl (C=O) groups is 1. The van der Waals surface area contributed by atoms with Gasteiger partial charge in [-0.2, -0.15) is 0 Å². The third-order valence-corrected chi connectivity index (χ3v) is 3.90. The minimum absolute atomic E-state index is 0.00981. The van der Waals surface area contributed by atoms with Gasteiger partial charge in [0.25, 0.3) is 0 Å². The van der Waals surface area contributed by atoms with Gasteiger partial charge in [-0.1, -0.05) is 0 Å². The summed E-state index contributed by atoms with van der Waals surface area (Å²) in [5, 5.41) is 0. The lowest BCUT2D eigenvalue weighted by atomic mass is 10.2. The first kappa shape index (κ1) is 17.6. The van der Waals surface area contributed by atoms with Gasteiger partial charge in [-0.15, -0.1) is 0 Å². The monoisotopic (exact) mass is 324 g/mol. The summed E-state index contributed by atoms with van der Waals surface area (Å²) >= 11 is 0. The molecule has 128 valence electrons. The third kappa shape index (κ3) is 5.13. The predicted octanol–water partition coefficient (Wildman–Crippen LogP) is 1.67. The van der Waals surface area contributed by atoms with Crippen molar-refractivity contribution in [3.8, 4) is 0 Å². The summed E-state index contributed by atoms with van der Waals surface area (Å²) in [6.07, 6.45) is 3.06. The van der Waals surface area contributed by atoms with Gasteiger partial charge in [0, 0.05) is 26.2 Å². The van der Waals surface area contributed by atoms with Crippen molar-refractivity contribution in [1.82, 2.24) is 14.9 Å². The van der Waals surface area contributed by atoms with Crippen LogP contribution in [-0.4, -0.2) is 65.8 Å². The van der Waals surface area contributed by atoms with Gasteiger partial charge in [-0.3, -0.25) is 4.79 Å². The summed E-state index contributed by atoms with van der Waals surface area (Å²) in [6.45, 7) is 5.07. The lowest BCUT2D eigenvalue weighted by Gasteiger charge is -2.29. The average Bonchev–Trinajstić information content (AvgIpc) is 2.88. The van der Waals surface area contributed by atoms with Crippen LogP contribution in [0.15, 0.2) is 18.6 Å². The van der Waals surface area contributed by atoms with Gasteiger partial charge in [-0.25, -0.2) is 14.4 Å². The largest absolute Gasteiger partial charge is 0.378 e. The molecule has 1 aromatic heterocycles. The molecule has 0 bridgehead atoms. The molecule has 1 amide bonds. The number of nitrogens with zero attached hydrogens (tertiary/aromatic N) is 4. The number of halogens is 1. The molecular weight excluding hydrogens is 299 g/mol. The molecule has 2 heterocycles. The van der Waals surface area contributed by atoms with Gasteiger partial charge < -0.3 is 14.5 Å². The molecule has 0 saturated carbocycles. The van der Waals surface area contributed by atoms with Crippen LogP contribution in [0.5, 0.6) is 0 Å². The van der Waals surface area contributed by atoms with E-state index in [0.29, 0.717) is 38.4 Å². The van der Waals surface area contributed by atoms with Gasteiger partial charge in [-0.05, 0) is 19.9 Å². The van der Waals surface area contributed by atoms with Crippen LogP contribution in [0.3, 0.4) is 0 Å². The molecule has 0 spiro atoms. The summed E-state index contributed by atoms with van der Waals surface area (Å²) in [7, 11) is 1.75. The van der Waals surface area contributed by atoms with E-state index >= 15 is 0 Å². The molecule has 0 aromatic carbocycles. The minimum atomic E-state index is -0.900. The summed E-state index contributed by atoms with van der Waals surface area (Å²) < 4.78 is 19.2. The number of anilines is 1. The summed E-state index contributed by atoms with van der Waals surface area (Å²) in [6, 6.07) is 1.70. The number of hydrogen-bond donors (Lipinski definition) is 0. The molecule has 6 nitrogen and oxygen atoms in total. The zero-order chi connectivity index (χ0) is 16.8. The Bertz CT molecular complexity index is 500. The lowest BCUT2D eigenvalue weighted by Crippen LogP contribution is -2.41. The molecule has 2 atom stereocenters. The SMILES string of the molecule is CC(C)OCCC(=O)N(C)C[C@@H]1C[C@H](F)CN1c1ccncn1. The van der Waals surface area contributed by atoms with E-state index in [4.69, 9.17) is 4.74 Å². The first-order valence-corrected chi connectivity index (χ1v) is 7.99. The van der Waals surface area contributed by atoms with E-state index in [0.717, 1.165) is 0 Å². The molecule has 1 aliphatic heterocycles. The van der Waals surface area contributed by atoms with Gasteiger partial charge in [0.05, 0.1) is 31.7 Å². The fourth-order valence-corrected chi connectivity index (χ4v) is 2.76. The van der Waals surface area contributed by atoms with Crippen LogP contribution in [0.25, 0.3) is 0 Å². The Balaban J connectivity index is 1.90. The van der Waals surface area contributed by atoms with E-state index in [2.05, 4.69) is 9.97 Å². The standard InChI is InChI=1S/C16H25FN4O2/c1-12(2)23-7-5-16(22)20(3)10-14-8-13(17)9-21(14)15-4-6-18-11-19-15/h4,6,11-14H,5,7-10H2,1-3H3/t13-,14-/m0/s1. The lowest BCUT2D eigenvalue weighted by molar-refractivity contribution is -0.131. The zero-order valence-electron chi connectivity index (χ0n) is 14.0. The van der Waals surface area contributed by atoms with Crippen molar-refractivity contribution in [1.29, 1.82) is 0 Å². The highest BCUT2D eigenvalue weighted by atomic mass is 19.1. The van der Waals surface area contributed by atoms with E-state index in [1.54, 1.807) is 24.2 Å². The topological polar surface area (TPSA) is 58.6 Å². The highest BCUT2D eigenvalue weighted by Crippen LogP contribution is 2.25. The molecular formula is C16H25FN4O2. The molecule has 23 heavy (non-hydrogen) atoms. The van der Waals surface area contributed by atoms with E-state index in [-0.39, 0.29) is 18.1 Å². The van der Waals surface area contributed by atoms with E-state index in [1.165, 1.54) is 6.33 Å². The average molecular weight is 324 g/mol. The highest BCUT2D eigenvalue weighted by Gasteiger charge is 2.34. The first-order valence-electron chi connectivity index (χ1n) is 7.99. The number of aromatic nitrogens is 2. The van der Waals surface area contributed by atoms with Crippen LogP contribution < -0.4 is 4.90 Å². The summed E-state index contributed by atoms with van der Waals surface area (Å²) in [5.41, 5.74) is 0. The smallest absolute Gasteiger partial charge is 0.224 e. The van der Waals surface area contributed by atoms with Crippen molar-refractivity contribution in [2.24, 2.45) is 0 Å². The van der Waals surface area contributed by atoms with E-state index < -0.39 is 6.17 Å². The molecule has 2 rings (SSSR count). The quantitative estimate of drug-likeness (QED) is 0.763. The maximum absolute atomic E-state index is 13.8. The maximum Gasteiger partial charge on any atom is 0.224 e. The van der Waals surface area contributed by atoms with Gasteiger partial charge in [0.2, 0.25) is 5.91 Å². The molecule has 0 N–H and O–H groups in total. The Morgan fingerprint density at radius 3 is 3.00 bits per heavy atom. The number of ether oxygens (including phenoxy) is 1. The second-order valence-electron chi connectivity index (χ2n) is 6.15. The third-order valence-electron chi connectivity index (χ3n) is 3.90. The fourth-order valence-electron chi connectivity index (χ4n) is 2.76. The molecule has 1 saturated heterocycles.